The molecule has 4 bridgehead atoms. The number of hydrogen-bond acceptors (Lipinski definition) is 2. The SMILES string of the molecule is COc1ccc(NC23CC4CC(CC(C4)C2)C3)cc1Br. The van der Waals surface area contributed by atoms with Crippen molar-refractivity contribution < 1.29 is 4.74 Å². The number of halogens is 1. The monoisotopic (exact) mass is 335 g/mol. The molecule has 0 aromatic heterocycles. The van der Waals surface area contributed by atoms with Crippen LogP contribution in [0.3, 0.4) is 0 Å². The standard InChI is InChI=1S/C17H22BrNO/c1-20-16-3-2-14(7-15(16)18)19-17-8-11-4-12(9-17)6-13(5-11)10-17/h2-3,7,11-13,19H,4-6,8-10H2,1H3. The normalized spacial score (nSPS) is 38.0. The molecule has 0 radical (unpaired) electrons. The van der Waals surface area contributed by atoms with Gasteiger partial charge in [-0.2, -0.15) is 0 Å². The van der Waals surface area contributed by atoms with Crippen molar-refractivity contribution in [1.29, 1.82) is 0 Å². The molecule has 0 atom stereocenters. The Kier molecular flexibility index (Phi) is 3.03. The fourth-order valence-corrected chi connectivity index (χ4v) is 5.85. The second kappa shape index (κ2) is 4.66. The summed E-state index contributed by atoms with van der Waals surface area (Å²) in [5, 5.41) is 3.89. The molecule has 0 aliphatic heterocycles. The predicted molar refractivity (Wildman–Crippen MR) is 85.2 cm³/mol. The Hall–Kier alpha value is -0.700. The summed E-state index contributed by atoms with van der Waals surface area (Å²) in [7, 11) is 1.71. The third kappa shape index (κ3) is 2.14. The number of anilines is 1. The van der Waals surface area contributed by atoms with Crippen LogP contribution in [0, 0.1) is 17.8 Å². The van der Waals surface area contributed by atoms with Gasteiger partial charge in [0.2, 0.25) is 0 Å². The van der Waals surface area contributed by atoms with E-state index in [1.807, 2.05) is 6.07 Å². The quantitative estimate of drug-likeness (QED) is 0.853. The molecule has 1 N–H and O–H groups in total. The van der Waals surface area contributed by atoms with Crippen LogP contribution < -0.4 is 10.1 Å². The van der Waals surface area contributed by atoms with Crippen LogP contribution in [0.15, 0.2) is 22.7 Å². The maximum atomic E-state index is 5.32. The van der Waals surface area contributed by atoms with E-state index < -0.39 is 0 Å². The number of methoxy groups -OCH3 is 1. The topological polar surface area (TPSA) is 21.3 Å². The highest BCUT2D eigenvalue weighted by Crippen LogP contribution is 2.56. The number of ether oxygens (including phenoxy) is 1. The molecule has 3 heteroatoms. The van der Waals surface area contributed by atoms with Gasteiger partial charge in [0, 0.05) is 11.2 Å². The van der Waals surface area contributed by atoms with Crippen molar-refractivity contribution in [1.82, 2.24) is 0 Å². The largest absolute Gasteiger partial charge is 0.496 e. The first-order valence-corrected chi connectivity index (χ1v) is 8.57. The summed E-state index contributed by atoms with van der Waals surface area (Å²) in [5.41, 5.74) is 1.61. The Labute approximate surface area is 129 Å². The third-order valence-electron chi connectivity index (χ3n) is 5.60. The Morgan fingerprint density at radius 2 is 1.70 bits per heavy atom. The van der Waals surface area contributed by atoms with Crippen molar-refractivity contribution >= 4 is 21.6 Å². The smallest absolute Gasteiger partial charge is 0.133 e. The summed E-state index contributed by atoms with van der Waals surface area (Å²) in [6.07, 6.45) is 8.61. The van der Waals surface area contributed by atoms with E-state index in [9.17, 15) is 0 Å². The summed E-state index contributed by atoms with van der Waals surface area (Å²) < 4.78 is 6.36. The molecule has 0 heterocycles. The molecule has 2 nitrogen and oxygen atoms in total. The van der Waals surface area contributed by atoms with E-state index in [-0.39, 0.29) is 0 Å². The summed E-state index contributed by atoms with van der Waals surface area (Å²) in [4.78, 5) is 0. The van der Waals surface area contributed by atoms with Crippen LogP contribution in [-0.2, 0) is 0 Å². The third-order valence-corrected chi connectivity index (χ3v) is 6.22. The van der Waals surface area contributed by atoms with E-state index in [2.05, 4.69) is 33.4 Å². The lowest BCUT2D eigenvalue weighted by molar-refractivity contribution is 0.0107. The first kappa shape index (κ1) is 13.0. The average Bonchev–Trinajstić information content (AvgIpc) is 2.36. The summed E-state index contributed by atoms with van der Waals surface area (Å²) in [6, 6.07) is 6.37. The maximum absolute atomic E-state index is 5.32. The lowest BCUT2D eigenvalue weighted by atomic mass is 9.53. The van der Waals surface area contributed by atoms with Crippen molar-refractivity contribution in [2.45, 2.75) is 44.1 Å². The van der Waals surface area contributed by atoms with Crippen LogP contribution in [0.2, 0.25) is 0 Å². The van der Waals surface area contributed by atoms with Gasteiger partial charge in [-0.25, -0.2) is 0 Å². The molecule has 4 aliphatic carbocycles. The van der Waals surface area contributed by atoms with Gasteiger partial charge in [-0.05, 0) is 90.4 Å². The Balaban J connectivity index is 1.58. The molecule has 0 spiro atoms. The van der Waals surface area contributed by atoms with Gasteiger partial charge in [-0.15, -0.1) is 0 Å². The molecule has 1 aromatic carbocycles. The first-order chi connectivity index (χ1) is 9.66. The van der Waals surface area contributed by atoms with Crippen LogP contribution in [0.1, 0.15) is 38.5 Å². The lowest BCUT2D eigenvalue weighted by Crippen LogP contribution is -2.54. The van der Waals surface area contributed by atoms with Crippen molar-refractivity contribution in [2.24, 2.45) is 17.8 Å². The molecule has 20 heavy (non-hydrogen) atoms. The molecular formula is C17H22BrNO. The first-order valence-electron chi connectivity index (χ1n) is 7.77. The number of benzene rings is 1. The molecule has 1 aromatic rings. The molecule has 108 valence electrons. The minimum absolute atomic E-state index is 0.378. The van der Waals surface area contributed by atoms with E-state index in [1.165, 1.54) is 44.2 Å². The van der Waals surface area contributed by atoms with E-state index >= 15 is 0 Å². The molecular weight excluding hydrogens is 314 g/mol. The van der Waals surface area contributed by atoms with Crippen molar-refractivity contribution in [3.63, 3.8) is 0 Å². The highest BCUT2D eigenvalue weighted by atomic mass is 79.9. The minimum atomic E-state index is 0.378. The Bertz CT molecular complexity index is 492. The summed E-state index contributed by atoms with van der Waals surface area (Å²) in [5.74, 6) is 3.85. The molecule has 4 saturated carbocycles. The molecule has 0 unspecified atom stereocenters. The number of hydrogen-bond donors (Lipinski definition) is 1. The lowest BCUT2D eigenvalue weighted by Gasteiger charge is -2.57. The predicted octanol–water partition coefficient (Wildman–Crippen LogP) is 4.84. The van der Waals surface area contributed by atoms with Gasteiger partial charge in [0.15, 0.2) is 0 Å². The second-order valence-electron chi connectivity index (χ2n) is 7.17. The van der Waals surface area contributed by atoms with E-state index in [4.69, 9.17) is 4.74 Å². The van der Waals surface area contributed by atoms with E-state index in [0.717, 1.165) is 28.0 Å². The molecule has 4 aliphatic rings. The zero-order chi connectivity index (χ0) is 13.7. The number of rotatable bonds is 3. The average molecular weight is 336 g/mol. The van der Waals surface area contributed by atoms with Crippen LogP contribution in [0.5, 0.6) is 5.75 Å². The van der Waals surface area contributed by atoms with Gasteiger partial charge >= 0.3 is 0 Å². The second-order valence-corrected chi connectivity index (χ2v) is 8.03. The highest BCUT2D eigenvalue weighted by Gasteiger charge is 2.50. The summed E-state index contributed by atoms with van der Waals surface area (Å²) >= 11 is 3.59. The zero-order valence-electron chi connectivity index (χ0n) is 12.0. The zero-order valence-corrected chi connectivity index (χ0v) is 13.6. The van der Waals surface area contributed by atoms with Gasteiger partial charge in [0.05, 0.1) is 11.6 Å². The van der Waals surface area contributed by atoms with Gasteiger partial charge in [-0.1, -0.05) is 0 Å². The fourth-order valence-electron chi connectivity index (χ4n) is 5.31. The molecule has 0 amide bonds. The van der Waals surface area contributed by atoms with Gasteiger partial charge in [0.1, 0.15) is 5.75 Å². The summed E-state index contributed by atoms with van der Waals surface area (Å²) in [6.45, 7) is 0. The molecule has 0 saturated heterocycles. The maximum Gasteiger partial charge on any atom is 0.133 e. The Morgan fingerprint density at radius 1 is 1.10 bits per heavy atom. The van der Waals surface area contributed by atoms with Crippen LogP contribution >= 0.6 is 15.9 Å². The van der Waals surface area contributed by atoms with Crippen LogP contribution in [0.4, 0.5) is 5.69 Å². The van der Waals surface area contributed by atoms with Crippen molar-refractivity contribution in [2.75, 3.05) is 12.4 Å². The van der Waals surface area contributed by atoms with E-state index in [0.29, 0.717) is 5.54 Å². The van der Waals surface area contributed by atoms with Crippen LogP contribution in [0.25, 0.3) is 0 Å². The van der Waals surface area contributed by atoms with Crippen molar-refractivity contribution in [3.8, 4) is 5.75 Å². The fraction of sp³-hybridized carbons (Fsp3) is 0.647. The van der Waals surface area contributed by atoms with Crippen LogP contribution in [-0.4, -0.2) is 12.6 Å². The van der Waals surface area contributed by atoms with E-state index in [1.54, 1.807) is 7.11 Å². The van der Waals surface area contributed by atoms with Crippen molar-refractivity contribution in [3.05, 3.63) is 22.7 Å². The van der Waals surface area contributed by atoms with Gasteiger partial charge in [0.25, 0.3) is 0 Å². The highest BCUT2D eigenvalue weighted by molar-refractivity contribution is 9.10. The number of nitrogens with one attached hydrogen (secondary N) is 1. The molecule has 5 rings (SSSR count). The minimum Gasteiger partial charge on any atom is -0.496 e. The molecule has 4 fully saturated rings. The van der Waals surface area contributed by atoms with Gasteiger partial charge < -0.3 is 10.1 Å². The Morgan fingerprint density at radius 3 is 2.20 bits per heavy atom. The van der Waals surface area contributed by atoms with Gasteiger partial charge in [-0.3, -0.25) is 0 Å².